The second-order valence-corrected chi connectivity index (χ2v) is 7.87. The van der Waals surface area contributed by atoms with E-state index in [1.54, 1.807) is 0 Å². The summed E-state index contributed by atoms with van der Waals surface area (Å²) < 4.78 is 23.8. The van der Waals surface area contributed by atoms with Gasteiger partial charge < -0.3 is 5.32 Å². The molecule has 0 aromatic heterocycles. The first-order valence-electron chi connectivity index (χ1n) is 6.09. The fourth-order valence-electron chi connectivity index (χ4n) is 1.78. The van der Waals surface area contributed by atoms with Crippen molar-refractivity contribution in [2.24, 2.45) is 0 Å². The molecule has 1 aromatic rings. The van der Waals surface area contributed by atoms with Crippen LogP contribution in [0.25, 0.3) is 0 Å². The van der Waals surface area contributed by atoms with E-state index in [0.29, 0.717) is 6.42 Å². The van der Waals surface area contributed by atoms with Crippen LogP contribution in [0.4, 0.5) is 0 Å². The summed E-state index contributed by atoms with van der Waals surface area (Å²) in [4.78, 5) is 0. The van der Waals surface area contributed by atoms with Crippen molar-refractivity contribution in [1.82, 2.24) is 5.32 Å². The average Bonchev–Trinajstić information content (AvgIpc) is 2.29. The van der Waals surface area contributed by atoms with Gasteiger partial charge in [0, 0.05) is 15.9 Å². The third-order valence-corrected chi connectivity index (χ3v) is 4.66. The molecular formula is C13H20INO2S. The molecule has 0 saturated heterocycles. The lowest BCUT2D eigenvalue weighted by Crippen LogP contribution is -2.25. The largest absolute Gasteiger partial charge is 0.310 e. The van der Waals surface area contributed by atoms with Crippen molar-refractivity contribution in [2.75, 3.05) is 18.6 Å². The van der Waals surface area contributed by atoms with Gasteiger partial charge in [0.25, 0.3) is 0 Å². The van der Waals surface area contributed by atoms with E-state index in [1.807, 2.05) is 12.1 Å². The maximum atomic E-state index is 11.3. The molecule has 0 bridgehead atoms. The van der Waals surface area contributed by atoms with Gasteiger partial charge in [0.05, 0.1) is 5.75 Å². The zero-order valence-electron chi connectivity index (χ0n) is 10.8. The SMILES string of the molecule is CCCNC(CCS(C)(=O)=O)c1ccccc1I. The average molecular weight is 381 g/mol. The lowest BCUT2D eigenvalue weighted by atomic mass is 10.0. The number of hydrogen-bond donors (Lipinski definition) is 1. The zero-order chi connectivity index (χ0) is 13.6. The number of benzene rings is 1. The summed E-state index contributed by atoms with van der Waals surface area (Å²) in [5, 5.41) is 3.43. The predicted molar refractivity (Wildman–Crippen MR) is 84.5 cm³/mol. The van der Waals surface area contributed by atoms with Crippen LogP contribution in [-0.2, 0) is 9.84 Å². The van der Waals surface area contributed by atoms with Crippen LogP contribution in [0.1, 0.15) is 31.4 Å². The summed E-state index contributed by atoms with van der Waals surface area (Å²) in [5.74, 6) is 0.222. The monoisotopic (exact) mass is 381 g/mol. The van der Waals surface area contributed by atoms with Gasteiger partial charge in [-0.3, -0.25) is 0 Å². The fraction of sp³-hybridized carbons (Fsp3) is 0.538. The zero-order valence-corrected chi connectivity index (χ0v) is 13.8. The molecule has 0 radical (unpaired) electrons. The van der Waals surface area contributed by atoms with E-state index in [9.17, 15) is 8.42 Å². The molecule has 1 atom stereocenters. The van der Waals surface area contributed by atoms with Crippen molar-refractivity contribution < 1.29 is 8.42 Å². The minimum absolute atomic E-state index is 0.118. The molecule has 0 aliphatic rings. The Bertz CT molecular complexity index is 474. The van der Waals surface area contributed by atoms with Crippen molar-refractivity contribution in [2.45, 2.75) is 25.8 Å². The summed E-state index contributed by atoms with van der Waals surface area (Å²) in [6.07, 6.45) is 2.96. The van der Waals surface area contributed by atoms with Crippen LogP contribution in [0.2, 0.25) is 0 Å². The lowest BCUT2D eigenvalue weighted by molar-refractivity contribution is 0.512. The molecule has 102 valence electrons. The van der Waals surface area contributed by atoms with Crippen LogP contribution in [0.3, 0.4) is 0 Å². The van der Waals surface area contributed by atoms with Gasteiger partial charge in [-0.1, -0.05) is 25.1 Å². The third kappa shape index (κ3) is 5.67. The van der Waals surface area contributed by atoms with Crippen molar-refractivity contribution in [1.29, 1.82) is 0 Å². The Kier molecular flexibility index (Phi) is 6.59. The summed E-state index contributed by atoms with van der Waals surface area (Å²) in [6.45, 7) is 3.01. The highest BCUT2D eigenvalue weighted by Crippen LogP contribution is 2.23. The summed E-state index contributed by atoms with van der Waals surface area (Å²) in [7, 11) is -2.91. The highest BCUT2D eigenvalue weighted by Gasteiger charge is 2.15. The smallest absolute Gasteiger partial charge is 0.147 e. The van der Waals surface area contributed by atoms with Crippen LogP contribution >= 0.6 is 22.6 Å². The molecule has 1 unspecified atom stereocenters. The Hall–Kier alpha value is -0.140. The first kappa shape index (κ1) is 15.9. The third-order valence-electron chi connectivity index (χ3n) is 2.70. The number of nitrogens with one attached hydrogen (secondary N) is 1. The van der Waals surface area contributed by atoms with Crippen molar-refractivity contribution in [3.8, 4) is 0 Å². The van der Waals surface area contributed by atoms with E-state index < -0.39 is 9.84 Å². The van der Waals surface area contributed by atoms with Crippen LogP contribution in [0, 0.1) is 3.57 Å². The summed E-state index contributed by atoms with van der Waals surface area (Å²) in [5.41, 5.74) is 1.19. The van der Waals surface area contributed by atoms with Gasteiger partial charge in [0.15, 0.2) is 0 Å². The molecule has 1 rings (SSSR count). The second-order valence-electron chi connectivity index (χ2n) is 4.45. The standard InChI is InChI=1S/C13H20INO2S/c1-3-9-15-13(8-10-18(2,16)17)11-6-4-5-7-12(11)14/h4-7,13,15H,3,8-10H2,1-2H3. The van der Waals surface area contributed by atoms with E-state index in [1.165, 1.54) is 15.4 Å². The number of rotatable bonds is 7. The maximum absolute atomic E-state index is 11.3. The number of halogens is 1. The minimum Gasteiger partial charge on any atom is -0.310 e. The van der Waals surface area contributed by atoms with Gasteiger partial charge in [-0.05, 0) is 53.6 Å². The molecule has 5 heteroatoms. The Morgan fingerprint density at radius 1 is 1.33 bits per heavy atom. The van der Waals surface area contributed by atoms with E-state index in [4.69, 9.17) is 0 Å². The van der Waals surface area contributed by atoms with Crippen molar-refractivity contribution in [3.05, 3.63) is 33.4 Å². The molecule has 1 aromatic carbocycles. The molecule has 0 spiro atoms. The topological polar surface area (TPSA) is 46.2 Å². The molecule has 0 heterocycles. The van der Waals surface area contributed by atoms with Crippen LogP contribution in [0.5, 0.6) is 0 Å². The molecule has 0 aliphatic heterocycles. The van der Waals surface area contributed by atoms with Gasteiger partial charge in [-0.2, -0.15) is 0 Å². The van der Waals surface area contributed by atoms with Gasteiger partial charge >= 0.3 is 0 Å². The Balaban J connectivity index is 2.81. The Morgan fingerprint density at radius 3 is 2.56 bits per heavy atom. The quantitative estimate of drug-likeness (QED) is 0.739. The Labute approximate surface area is 123 Å². The van der Waals surface area contributed by atoms with Gasteiger partial charge in [-0.15, -0.1) is 0 Å². The van der Waals surface area contributed by atoms with Crippen molar-refractivity contribution >= 4 is 32.4 Å². The number of sulfone groups is 1. The molecule has 0 saturated carbocycles. The summed E-state index contributed by atoms with van der Waals surface area (Å²) >= 11 is 2.30. The van der Waals surface area contributed by atoms with E-state index in [-0.39, 0.29) is 11.8 Å². The second kappa shape index (κ2) is 7.45. The van der Waals surface area contributed by atoms with E-state index >= 15 is 0 Å². The van der Waals surface area contributed by atoms with Crippen LogP contribution in [0.15, 0.2) is 24.3 Å². The molecular weight excluding hydrogens is 361 g/mol. The predicted octanol–water partition coefficient (Wildman–Crippen LogP) is 2.77. The first-order chi connectivity index (χ1) is 8.44. The highest BCUT2D eigenvalue weighted by atomic mass is 127. The molecule has 0 fully saturated rings. The Morgan fingerprint density at radius 2 is 2.00 bits per heavy atom. The molecule has 3 nitrogen and oxygen atoms in total. The van der Waals surface area contributed by atoms with Gasteiger partial charge in [0.1, 0.15) is 9.84 Å². The fourth-order valence-corrected chi connectivity index (χ4v) is 3.20. The molecule has 1 N–H and O–H groups in total. The van der Waals surface area contributed by atoms with Gasteiger partial charge in [-0.25, -0.2) is 8.42 Å². The number of hydrogen-bond acceptors (Lipinski definition) is 3. The van der Waals surface area contributed by atoms with Crippen LogP contribution < -0.4 is 5.32 Å². The van der Waals surface area contributed by atoms with E-state index in [0.717, 1.165) is 13.0 Å². The van der Waals surface area contributed by atoms with Crippen molar-refractivity contribution in [3.63, 3.8) is 0 Å². The van der Waals surface area contributed by atoms with E-state index in [2.05, 4.69) is 47.0 Å². The summed E-state index contributed by atoms with van der Waals surface area (Å²) in [6, 6.07) is 8.24. The lowest BCUT2D eigenvalue weighted by Gasteiger charge is -2.20. The normalized spacial score (nSPS) is 13.5. The van der Waals surface area contributed by atoms with Gasteiger partial charge in [0.2, 0.25) is 0 Å². The first-order valence-corrected chi connectivity index (χ1v) is 9.23. The highest BCUT2D eigenvalue weighted by molar-refractivity contribution is 14.1. The molecule has 0 aliphatic carbocycles. The maximum Gasteiger partial charge on any atom is 0.147 e. The molecule has 18 heavy (non-hydrogen) atoms. The minimum atomic E-state index is -2.91. The van der Waals surface area contributed by atoms with Crippen LogP contribution in [-0.4, -0.2) is 27.0 Å². The molecule has 0 amide bonds.